The molecule has 0 bridgehead atoms. The number of hydrogen-bond donors (Lipinski definition) is 0. The summed E-state index contributed by atoms with van der Waals surface area (Å²) in [6.45, 7) is 5.20. The zero-order valence-electron chi connectivity index (χ0n) is 11.1. The Morgan fingerprint density at radius 1 is 1.26 bits per heavy atom. The van der Waals surface area contributed by atoms with Crippen LogP contribution in [0.15, 0.2) is 28.8 Å². The molecule has 0 fully saturated rings. The van der Waals surface area contributed by atoms with Crippen LogP contribution < -0.4 is 0 Å². The summed E-state index contributed by atoms with van der Waals surface area (Å²) in [6.07, 6.45) is 0.822. The average molecular weight is 256 g/mol. The number of carbonyl (C=O) groups excluding carboxylic acids is 1. The fourth-order valence-electron chi connectivity index (χ4n) is 2.43. The summed E-state index contributed by atoms with van der Waals surface area (Å²) in [4.78, 5) is 14.2. The number of benzene rings is 1. The first kappa shape index (κ1) is 12.0. The van der Waals surface area contributed by atoms with Crippen molar-refractivity contribution in [2.45, 2.75) is 26.8 Å². The Morgan fingerprint density at radius 2 is 2.00 bits per heavy atom. The zero-order valence-corrected chi connectivity index (χ0v) is 11.1. The third kappa shape index (κ3) is 2.14. The van der Waals surface area contributed by atoms with Gasteiger partial charge in [-0.15, -0.1) is 0 Å². The second-order valence-corrected chi connectivity index (χ2v) is 5.01. The van der Waals surface area contributed by atoms with Gasteiger partial charge in [0.1, 0.15) is 0 Å². The minimum absolute atomic E-state index is 0.0553. The van der Waals surface area contributed by atoms with Crippen LogP contribution in [0, 0.1) is 13.8 Å². The summed E-state index contributed by atoms with van der Waals surface area (Å²) >= 11 is 0. The van der Waals surface area contributed by atoms with Gasteiger partial charge >= 0.3 is 0 Å². The maximum absolute atomic E-state index is 12.4. The Bertz CT molecular complexity index is 614. The highest BCUT2D eigenvalue weighted by Crippen LogP contribution is 2.23. The van der Waals surface area contributed by atoms with Crippen LogP contribution in [0.4, 0.5) is 0 Å². The van der Waals surface area contributed by atoms with Crippen molar-refractivity contribution in [2.75, 3.05) is 6.54 Å². The van der Waals surface area contributed by atoms with Gasteiger partial charge in [-0.05, 0) is 32.4 Å². The Labute approximate surface area is 112 Å². The maximum atomic E-state index is 12.4. The molecule has 4 nitrogen and oxygen atoms in total. The van der Waals surface area contributed by atoms with E-state index < -0.39 is 0 Å². The number of aryl methyl sites for hydroxylation is 2. The molecule has 98 valence electrons. The molecule has 1 aromatic heterocycles. The molecule has 0 saturated carbocycles. The fraction of sp³-hybridized carbons (Fsp3) is 0.333. The molecule has 1 amide bonds. The van der Waals surface area contributed by atoms with Gasteiger partial charge in [0.15, 0.2) is 5.76 Å². The summed E-state index contributed by atoms with van der Waals surface area (Å²) in [5.74, 6) is 0.879. The summed E-state index contributed by atoms with van der Waals surface area (Å²) in [5, 5.41) is 3.96. The Morgan fingerprint density at radius 3 is 2.74 bits per heavy atom. The smallest absolute Gasteiger partial charge is 0.254 e. The van der Waals surface area contributed by atoms with Gasteiger partial charge in [0.2, 0.25) is 0 Å². The van der Waals surface area contributed by atoms with E-state index in [0.29, 0.717) is 6.54 Å². The molecule has 3 rings (SSSR count). The molecule has 0 N–H and O–H groups in total. The molecule has 0 radical (unpaired) electrons. The molecule has 0 unspecified atom stereocenters. The minimum atomic E-state index is 0.0553. The molecule has 2 aromatic rings. The molecule has 19 heavy (non-hydrogen) atoms. The highest BCUT2D eigenvalue weighted by molar-refractivity contribution is 5.94. The van der Waals surface area contributed by atoms with Crippen LogP contribution >= 0.6 is 0 Å². The normalized spacial score (nSPS) is 14.3. The van der Waals surface area contributed by atoms with E-state index in [1.54, 1.807) is 0 Å². The van der Waals surface area contributed by atoms with E-state index in [1.165, 1.54) is 0 Å². The molecule has 0 spiro atoms. The van der Waals surface area contributed by atoms with E-state index in [-0.39, 0.29) is 5.91 Å². The number of nitrogens with zero attached hydrogens (tertiary/aromatic N) is 2. The van der Waals surface area contributed by atoms with Gasteiger partial charge in [0.05, 0.1) is 12.2 Å². The lowest BCUT2D eigenvalue weighted by atomic mass is 10.0. The summed E-state index contributed by atoms with van der Waals surface area (Å²) < 4.78 is 5.28. The number of rotatable bonds is 1. The first-order valence-corrected chi connectivity index (χ1v) is 6.45. The number of amides is 1. The van der Waals surface area contributed by atoms with Crippen LogP contribution in [-0.2, 0) is 13.0 Å². The van der Waals surface area contributed by atoms with E-state index in [1.807, 2.05) is 43.0 Å². The van der Waals surface area contributed by atoms with Gasteiger partial charge in [-0.3, -0.25) is 4.79 Å². The largest absolute Gasteiger partial charge is 0.359 e. The molecule has 4 heteroatoms. The summed E-state index contributed by atoms with van der Waals surface area (Å²) in [6, 6.07) is 7.67. The first-order valence-electron chi connectivity index (χ1n) is 6.45. The molecule has 0 atom stereocenters. The highest BCUT2D eigenvalue weighted by Gasteiger charge is 2.26. The molecule has 1 aliphatic heterocycles. The predicted octanol–water partition coefficient (Wildman–Crippen LogP) is 2.49. The van der Waals surface area contributed by atoms with E-state index in [4.69, 9.17) is 4.52 Å². The molecule has 1 aromatic carbocycles. The van der Waals surface area contributed by atoms with Crippen LogP contribution in [0.5, 0.6) is 0 Å². The van der Waals surface area contributed by atoms with Crippen LogP contribution in [0.25, 0.3) is 0 Å². The van der Waals surface area contributed by atoms with Gasteiger partial charge in [-0.2, -0.15) is 0 Å². The Kier molecular flexibility index (Phi) is 2.85. The lowest BCUT2D eigenvalue weighted by Crippen LogP contribution is -2.35. The third-order valence-electron chi connectivity index (χ3n) is 3.62. The van der Waals surface area contributed by atoms with E-state index >= 15 is 0 Å². The SMILES string of the molecule is Cc1ccc(C(=O)N2CCc3c(C)noc3C2)cc1. The van der Waals surface area contributed by atoms with Crippen molar-refractivity contribution in [3.8, 4) is 0 Å². The van der Waals surface area contributed by atoms with Gasteiger partial charge in [0.25, 0.3) is 5.91 Å². The molecule has 2 heterocycles. The van der Waals surface area contributed by atoms with Crippen molar-refractivity contribution in [2.24, 2.45) is 0 Å². The van der Waals surface area contributed by atoms with Crippen molar-refractivity contribution < 1.29 is 9.32 Å². The maximum Gasteiger partial charge on any atom is 0.254 e. The van der Waals surface area contributed by atoms with Gasteiger partial charge < -0.3 is 9.42 Å². The topological polar surface area (TPSA) is 46.3 Å². The summed E-state index contributed by atoms with van der Waals surface area (Å²) in [5.41, 5.74) is 3.99. The van der Waals surface area contributed by atoms with Crippen molar-refractivity contribution in [1.29, 1.82) is 0 Å². The second kappa shape index (κ2) is 4.53. The van der Waals surface area contributed by atoms with Crippen molar-refractivity contribution in [3.63, 3.8) is 0 Å². The predicted molar refractivity (Wildman–Crippen MR) is 70.9 cm³/mol. The van der Waals surface area contributed by atoms with Crippen LogP contribution in [0.1, 0.15) is 32.9 Å². The summed E-state index contributed by atoms with van der Waals surface area (Å²) in [7, 11) is 0. The quantitative estimate of drug-likeness (QED) is 0.787. The van der Waals surface area contributed by atoms with E-state index in [0.717, 1.165) is 41.1 Å². The first-order chi connectivity index (χ1) is 9.15. The Hall–Kier alpha value is -2.10. The lowest BCUT2D eigenvalue weighted by molar-refractivity contribution is 0.0716. The number of fused-ring (bicyclic) bond motifs is 1. The third-order valence-corrected chi connectivity index (χ3v) is 3.62. The number of carbonyl (C=O) groups is 1. The minimum Gasteiger partial charge on any atom is -0.359 e. The zero-order chi connectivity index (χ0) is 13.4. The average Bonchev–Trinajstić information content (AvgIpc) is 2.80. The number of aromatic nitrogens is 1. The standard InChI is InChI=1S/C15H16N2O2/c1-10-3-5-12(6-4-10)15(18)17-8-7-13-11(2)16-19-14(13)9-17/h3-6H,7-9H2,1-2H3. The Balaban J connectivity index is 1.81. The molecular weight excluding hydrogens is 240 g/mol. The van der Waals surface area contributed by atoms with Gasteiger partial charge in [0, 0.05) is 17.7 Å². The van der Waals surface area contributed by atoms with Crippen molar-refractivity contribution in [1.82, 2.24) is 10.1 Å². The fourth-order valence-corrected chi connectivity index (χ4v) is 2.43. The highest BCUT2D eigenvalue weighted by atomic mass is 16.5. The molecule has 1 aliphatic rings. The number of hydrogen-bond acceptors (Lipinski definition) is 3. The lowest BCUT2D eigenvalue weighted by Gasteiger charge is -2.25. The molecule has 0 aliphatic carbocycles. The van der Waals surface area contributed by atoms with Gasteiger partial charge in [-0.25, -0.2) is 0 Å². The van der Waals surface area contributed by atoms with Crippen molar-refractivity contribution in [3.05, 3.63) is 52.4 Å². The van der Waals surface area contributed by atoms with E-state index in [9.17, 15) is 4.79 Å². The van der Waals surface area contributed by atoms with Crippen LogP contribution in [-0.4, -0.2) is 22.5 Å². The van der Waals surface area contributed by atoms with Gasteiger partial charge in [-0.1, -0.05) is 22.9 Å². The molecule has 0 saturated heterocycles. The van der Waals surface area contributed by atoms with E-state index in [2.05, 4.69) is 5.16 Å². The second-order valence-electron chi connectivity index (χ2n) is 5.01. The van der Waals surface area contributed by atoms with Crippen molar-refractivity contribution >= 4 is 5.91 Å². The van der Waals surface area contributed by atoms with Crippen LogP contribution in [0.3, 0.4) is 0 Å². The molecular formula is C15H16N2O2. The monoisotopic (exact) mass is 256 g/mol. The van der Waals surface area contributed by atoms with Crippen LogP contribution in [0.2, 0.25) is 0 Å².